The molecule has 3 aliphatic rings. The second kappa shape index (κ2) is 5.78. The van der Waals surface area contributed by atoms with Gasteiger partial charge in [0.05, 0.1) is 27.6 Å². The van der Waals surface area contributed by atoms with Gasteiger partial charge in [0, 0.05) is 23.4 Å². The zero-order valence-electron chi connectivity index (χ0n) is 14.8. The first-order valence-electron chi connectivity index (χ1n) is 8.73. The topological polar surface area (TPSA) is 110 Å². The molecule has 1 saturated heterocycles. The summed E-state index contributed by atoms with van der Waals surface area (Å²) in [5.74, 6) is -0.628. The van der Waals surface area contributed by atoms with E-state index in [0.29, 0.717) is 12.8 Å². The van der Waals surface area contributed by atoms with Gasteiger partial charge in [0.25, 0.3) is 0 Å². The molecule has 2 bridgehead atoms. The predicted molar refractivity (Wildman–Crippen MR) is 93.5 cm³/mol. The van der Waals surface area contributed by atoms with E-state index in [0.717, 1.165) is 16.4 Å². The molecular weight excluding hydrogens is 395 g/mol. The number of alkyl halides is 3. The van der Waals surface area contributed by atoms with Crippen LogP contribution in [-0.2, 0) is 16.2 Å². The second-order valence-corrected chi connectivity index (χ2v) is 10.0. The number of halogens is 3. The quantitative estimate of drug-likeness (QED) is 0.419. The number of benzene rings is 1. The number of azide groups is 1. The van der Waals surface area contributed by atoms with Crippen LogP contribution in [0.25, 0.3) is 10.4 Å². The van der Waals surface area contributed by atoms with Crippen molar-refractivity contribution in [3.8, 4) is 6.07 Å². The van der Waals surface area contributed by atoms with E-state index in [2.05, 4.69) is 10.0 Å². The minimum Gasteiger partial charge on any atom is -0.269 e. The second-order valence-electron chi connectivity index (χ2n) is 7.77. The average molecular weight is 411 g/mol. The molecule has 148 valence electrons. The number of anilines is 1. The molecule has 1 heterocycles. The summed E-state index contributed by atoms with van der Waals surface area (Å²) < 4.78 is 66.5. The molecule has 7 nitrogen and oxygen atoms in total. The molecule has 0 aromatic heterocycles. The van der Waals surface area contributed by atoms with E-state index < -0.39 is 32.1 Å². The van der Waals surface area contributed by atoms with Crippen molar-refractivity contribution in [3.05, 3.63) is 39.8 Å². The fourth-order valence-corrected chi connectivity index (χ4v) is 7.84. The van der Waals surface area contributed by atoms with E-state index in [1.807, 2.05) is 0 Å². The molecular formula is C17H16F3N5O2S. The lowest BCUT2D eigenvalue weighted by atomic mass is 9.77. The first kappa shape index (κ1) is 18.9. The molecule has 3 fully saturated rings. The van der Waals surface area contributed by atoms with Crippen LogP contribution in [0, 0.1) is 29.1 Å². The number of rotatable bonds is 2. The van der Waals surface area contributed by atoms with E-state index >= 15 is 0 Å². The number of hydrogen-bond acceptors (Lipinski definition) is 4. The third-order valence-electron chi connectivity index (χ3n) is 6.77. The SMILES string of the molecule is C[C@@]12[C@@H]3CC(N=[N+]=[N-])[C@@H](C3)[C@@H]1CN(c1ccc(C#N)c(C(F)(F)F)c1)S2(=O)=O. The third kappa shape index (κ3) is 2.28. The summed E-state index contributed by atoms with van der Waals surface area (Å²) in [5, 5.41) is 12.7. The van der Waals surface area contributed by atoms with Gasteiger partial charge >= 0.3 is 6.18 Å². The molecule has 28 heavy (non-hydrogen) atoms. The summed E-state index contributed by atoms with van der Waals surface area (Å²) in [7, 11) is -3.92. The van der Waals surface area contributed by atoms with Crippen LogP contribution in [0.3, 0.4) is 0 Å². The molecule has 1 aliphatic heterocycles. The fourth-order valence-electron chi connectivity index (χ4n) is 5.37. The Morgan fingerprint density at radius 1 is 1.39 bits per heavy atom. The molecule has 0 N–H and O–H groups in total. The Hall–Kier alpha value is -2.44. The molecule has 11 heteroatoms. The van der Waals surface area contributed by atoms with Gasteiger partial charge in [0.1, 0.15) is 0 Å². The summed E-state index contributed by atoms with van der Waals surface area (Å²) >= 11 is 0. The van der Waals surface area contributed by atoms with Crippen molar-refractivity contribution in [2.45, 2.75) is 36.7 Å². The summed E-state index contributed by atoms with van der Waals surface area (Å²) in [6.45, 7) is 1.69. The summed E-state index contributed by atoms with van der Waals surface area (Å²) in [6, 6.07) is 4.18. The van der Waals surface area contributed by atoms with Crippen molar-refractivity contribution < 1.29 is 21.6 Å². The highest BCUT2D eigenvalue weighted by Crippen LogP contribution is 2.63. The smallest absolute Gasteiger partial charge is 0.269 e. The van der Waals surface area contributed by atoms with Crippen molar-refractivity contribution in [3.63, 3.8) is 0 Å². The van der Waals surface area contributed by atoms with Gasteiger partial charge in [-0.3, -0.25) is 4.31 Å². The molecule has 1 aromatic rings. The van der Waals surface area contributed by atoms with Gasteiger partial charge < -0.3 is 0 Å². The monoisotopic (exact) mass is 411 g/mol. The molecule has 2 saturated carbocycles. The summed E-state index contributed by atoms with van der Waals surface area (Å²) in [4.78, 5) is 2.85. The van der Waals surface area contributed by atoms with Gasteiger partial charge in [-0.2, -0.15) is 18.4 Å². The Labute approximate surface area is 159 Å². The minimum atomic E-state index is -4.77. The van der Waals surface area contributed by atoms with Gasteiger partial charge in [-0.25, -0.2) is 8.42 Å². The molecule has 2 aliphatic carbocycles. The van der Waals surface area contributed by atoms with Crippen LogP contribution in [0.15, 0.2) is 23.3 Å². The summed E-state index contributed by atoms with van der Waals surface area (Å²) in [5.41, 5.74) is 6.94. The van der Waals surface area contributed by atoms with E-state index in [1.54, 1.807) is 6.92 Å². The predicted octanol–water partition coefficient (Wildman–Crippen LogP) is 3.82. The Bertz CT molecular complexity index is 1040. The van der Waals surface area contributed by atoms with Gasteiger partial charge in [-0.1, -0.05) is 5.11 Å². The molecule has 1 unspecified atom stereocenters. The van der Waals surface area contributed by atoms with Gasteiger partial charge in [0.2, 0.25) is 10.0 Å². The van der Waals surface area contributed by atoms with Crippen molar-refractivity contribution >= 4 is 15.7 Å². The maximum absolute atomic E-state index is 13.3. The van der Waals surface area contributed by atoms with Crippen molar-refractivity contribution in [2.75, 3.05) is 10.8 Å². The van der Waals surface area contributed by atoms with Crippen LogP contribution < -0.4 is 4.31 Å². The molecule has 0 spiro atoms. The van der Waals surface area contributed by atoms with E-state index in [-0.39, 0.29) is 36.0 Å². The average Bonchev–Trinajstić information content (AvgIpc) is 3.22. The van der Waals surface area contributed by atoms with Crippen LogP contribution >= 0.6 is 0 Å². The Morgan fingerprint density at radius 3 is 2.71 bits per heavy atom. The minimum absolute atomic E-state index is 0.0423. The van der Waals surface area contributed by atoms with Gasteiger partial charge in [-0.05, 0) is 55.3 Å². The first-order chi connectivity index (χ1) is 13.1. The molecule has 1 aromatic carbocycles. The fraction of sp³-hybridized carbons (Fsp3) is 0.588. The van der Waals surface area contributed by atoms with Crippen LogP contribution in [0.1, 0.15) is 30.9 Å². The van der Waals surface area contributed by atoms with Crippen molar-refractivity contribution in [1.29, 1.82) is 5.26 Å². The highest BCUT2D eigenvalue weighted by Gasteiger charge is 2.70. The largest absolute Gasteiger partial charge is 0.417 e. The lowest BCUT2D eigenvalue weighted by Gasteiger charge is -2.35. The highest BCUT2D eigenvalue weighted by molar-refractivity contribution is 7.94. The van der Waals surface area contributed by atoms with Gasteiger partial charge in [-0.15, -0.1) is 0 Å². The van der Waals surface area contributed by atoms with Crippen LogP contribution in [0.5, 0.6) is 0 Å². The normalized spacial score (nSPS) is 35.3. The zero-order chi connectivity index (χ0) is 20.5. The van der Waals surface area contributed by atoms with Crippen LogP contribution in [-0.4, -0.2) is 25.8 Å². The Kier molecular flexibility index (Phi) is 3.90. The lowest BCUT2D eigenvalue weighted by molar-refractivity contribution is -0.137. The van der Waals surface area contributed by atoms with E-state index in [9.17, 15) is 21.6 Å². The van der Waals surface area contributed by atoms with Crippen molar-refractivity contribution in [1.82, 2.24) is 0 Å². The Balaban J connectivity index is 1.78. The number of nitriles is 1. The number of fused-ring (bicyclic) bond motifs is 5. The molecule has 4 rings (SSSR count). The highest BCUT2D eigenvalue weighted by atomic mass is 32.2. The standard InChI is InChI=1S/C17H16F3N5O2S/c1-16-10-4-12(15(5-10)23-24-22)14(16)8-25(28(16,26)27)11-3-2-9(7-21)13(6-11)17(18,19)20/h2-3,6,10,12,14-15H,4-5,8H2,1H3/t10-,12-,14-,15?,16+/m0/s1. The lowest BCUT2D eigenvalue weighted by Crippen LogP contribution is -2.47. The number of sulfonamides is 1. The zero-order valence-corrected chi connectivity index (χ0v) is 15.6. The maximum Gasteiger partial charge on any atom is 0.417 e. The first-order valence-corrected chi connectivity index (χ1v) is 10.2. The van der Waals surface area contributed by atoms with Crippen LogP contribution in [0.2, 0.25) is 0 Å². The summed E-state index contributed by atoms with van der Waals surface area (Å²) in [6.07, 6.45) is -3.66. The Morgan fingerprint density at radius 2 is 2.11 bits per heavy atom. The van der Waals surface area contributed by atoms with Gasteiger partial charge in [0.15, 0.2) is 0 Å². The maximum atomic E-state index is 13.3. The van der Waals surface area contributed by atoms with E-state index in [1.165, 1.54) is 12.1 Å². The van der Waals surface area contributed by atoms with E-state index in [4.69, 9.17) is 10.8 Å². The molecule has 5 atom stereocenters. The molecule has 0 radical (unpaired) electrons. The van der Waals surface area contributed by atoms with Crippen molar-refractivity contribution in [2.24, 2.45) is 22.9 Å². The number of hydrogen-bond donors (Lipinski definition) is 0. The van der Waals surface area contributed by atoms with Crippen LogP contribution in [0.4, 0.5) is 18.9 Å². The third-order valence-corrected chi connectivity index (χ3v) is 9.45. The molecule has 0 amide bonds. The number of nitrogens with zero attached hydrogens (tertiary/aromatic N) is 5.